The molecular weight excluding hydrogens is 423 g/mol. The number of nitrogens with zero attached hydrogens (tertiary/aromatic N) is 2. The number of para-hydroxylation sites is 2. The quantitative estimate of drug-likeness (QED) is 0.612. The fourth-order valence-electron chi connectivity index (χ4n) is 3.76. The second kappa shape index (κ2) is 13.7. The molecule has 1 aliphatic heterocycles. The lowest BCUT2D eigenvalue weighted by molar-refractivity contribution is -0.0240. The third-order valence-electron chi connectivity index (χ3n) is 5.30. The standard InChI is InChI=1S/C23H32N2O3.2ClH/c1-3-22(19-9-5-4-6-10-19)28-18-20(26)17-24-13-15-25(16-14-24)21-11-7-8-12-23(21)27-2;;/h4-12,20,22,26H,3,13-18H2,1-2H3;2*1H. The first-order chi connectivity index (χ1) is 13.7. The largest absolute Gasteiger partial charge is 0.495 e. The highest BCUT2D eigenvalue weighted by Gasteiger charge is 2.22. The summed E-state index contributed by atoms with van der Waals surface area (Å²) in [5, 5.41) is 10.5. The molecule has 2 aromatic carbocycles. The SMILES string of the molecule is CCC(OCC(O)CN1CCN(c2ccccc2OC)CC1)c1ccccc1.Cl.Cl. The number of piperazine rings is 1. The number of hydrogen-bond donors (Lipinski definition) is 1. The molecule has 2 atom stereocenters. The van der Waals surface area contributed by atoms with Crippen LogP contribution in [0.15, 0.2) is 54.6 Å². The summed E-state index contributed by atoms with van der Waals surface area (Å²) in [4.78, 5) is 4.66. The van der Waals surface area contributed by atoms with Crippen LogP contribution in [0, 0.1) is 0 Å². The third-order valence-corrected chi connectivity index (χ3v) is 5.30. The van der Waals surface area contributed by atoms with Crippen LogP contribution in [0.4, 0.5) is 5.69 Å². The second-order valence-electron chi connectivity index (χ2n) is 7.25. The Balaban J connectivity index is 0.00000225. The molecular formula is C23H34Cl2N2O3. The summed E-state index contributed by atoms with van der Waals surface area (Å²) in [7, 11) is 1.71. The van der Waals surface area contributed by atoms with Gasteiger partial charge in [-0.25, -0.2) is 0 Å². The van der Waals surface area contributed by atoms with Crippen LogP contribution in [-0.2, 0) is 4.74 Å². The van der Waals surface area contributed by atoms with Gasteiger partial charge in [0.25, 0.3) is 0 Å². The fourth-order valence-corrected chi connectivity index (χ4v) is 3.76. The van der Waals surface area contributed by atoms with E-state index in [0.717, 1.165) is 44.0 Å². The monoisotopic (exact) mass is 456 g/mol. The lowest BCUT2D eigenvalue weighted by Gasteiger charge is -2.37. The van der Waals surface area contributed by atoms with Crippen LogP contribution in [0.3, 0.4) is 0 Å². The maximum atomic E-state index is 10.5. The Morgan fingerprint density at radius 3 is 2.20 bits per heavy atom. The van der Waals surface area contributed by atoms with Crippen molar-refractivity contribution in [3.8, 4) is 5.75 Å². The maximum absolute atomic E-state index is 10.5. The van der Waals surface area contributed by atoms with Crippen LogP contribution in [0.25, 0.3) is 0 Å². The molecule has 3 rings (SSSR count). The number of ether oxygens (including phenoxy) is 2. The Morgan fingerprint density at radius 1 is 0.933 bits per heavy atom. The first kappa shape index (κ1) is 26.5. The molecule has 1 saturated heterocycles. The second-order valence-corrected chi connectivity index (χ2v) is 7.25. The number of halogens is 2. The molecule has 0 aromatic heterocycles. The lowest BCUT2D eigenvalue weighted by Crippen LogP contribution is -2.49. The molecule has 0 bridgehead atoms. The van der Waals surface area contributed by atoms with Crippen molar-refractivity contribution in [1.82, 2.24) is 4.90 Å². The molecule has 0 amide bonds. The summed E-state index contributed by atoms with van der Waals surface area (Å²) in [5.74, 6) is 0.913. The number of aliphatic hydroxyl groups excluding tert-OH is 1. The molecule has 7 heteroatoms. The number of benzene rings is 2. The van der Waals surface area contributed by atoms with Crippen molar-refractivity contribution in [1.29, 1.82) is 0 Å². The van der Waals surface area contributed by atoms with Crippen molar-refractivity contribution in [2.45, 2.75) is 25.6 Å². The van der Waals surface area contributed by atoms with Crippen LogP contribution in [-0.4, -0.2) is 62.6 Å². The Morgan fingerprint density at radius 2 is 1.57 bits per heavy atom. The van der Waals surface area contributed by atoms with E-state index in [1.54, 1.807) is 7.11 Å². The van der Waals surface area contributed by atoms with Crippen LogP contribution < -0.4 is 9.64 Å². The highest BCUT2D eigenvalue weighted by Crippen LogP contribution is 2.28. The maximum Gasteiger partial charge on any atom is 0.142 e. The van der Waals surface area contributed by atoms with Gasteiger partial charge in [0.1, 0.15) is 5.75 Å². The lowest BCUT2D eigenvalue weighted by atomic mass is 10.1. The van der Waals surface area contributed by atoms with Gasteiger partial charge in [-0.3, -0.25) is 4.90 Å². The van der Waals surface area contributed by atoms with Crippen molar-refractivity contribution in [3.63, 3.8) is 0 Å². The zero-order chi connectivity index (χ0) is 19.8. The summed E-state index contributed by atoms with van der Waals surface area (Å²) in [5.41, 5.74) is 2.31. The molecule has 0 spiro atoms. The van der Waals surface area contributed by atoms with E-state index in [2.05, 4.69) is 34.9 Å². The zero-order valence-electron chi connectivity index (χ0n) is 17.8. The minimum Gasteiger partial charge on any atom is -0.495 e. The highest BCUT2D eigenvalue weighted by atomic mass is 35.5. The Hall–Kier alpha value is -1.50. The van der Waals surface area contributed by atoms with E-state index in [4.69, 9.17) is 9.47 Å². The number of rotatable bonds is 9. The first-order valence-electron chi connectivity index (χ1n) is 10.2. The average Bonchev–Trinajstić information content (AvgIpc) is 2.75. The highest BCUT2D eigenvalue weighted by molar-refractivity contribution is 5.85. The van der Waals surface area contributed by atoms with E-state index < -0.39 is 6.10 Å². The van der Waals surface area contributed by atoms with Crippen LogP contribution in [0.1, 0.15) is 25.0 Å². The Bertz CT molecular complexity index is 713. The van der Waals surface area contributed by atoms with Gasteiger partial charge < -0.3 is 19.5 Å². The third kappa shape index (κ3) is 7.33. The van der Waals surface area contributed by atoms with Crippen LogP contribution in [0.2, 0.25) is 0 Å². The minimum absolute atomic E-state index is 0. The van der Waals surface area contributed by atoms with Crippen molar-refractivity contribution >= 4 is 30.5 Å². The molecule has 30 heavy (non-hydrogen) atoms. The van der Waals surface area contributed by atoms with E-state index in [1.807, 2.05) is 36.4 Å². The van der Waals surface area contributed by atoms with Gasteiger partial charge in [0.2, 0.25) is 0 Å². The summed E-state index contributed by atoms with van der Waals surface area (Å²) >= 11 is 0. The van der Waals surface area contributed by atoms with Gasteiger partial charge in [-0.15, -0.1) is 24.8 Å². The molecule has 0 radical (unpaired) electrons. The van der Waals surface area contributed by atoms with Crippen LogP contribution >= 0.6 is 24.8 Å². The van der Waals surface area contributed by atoms with E-state index in [1.165, 1.54) is 5.56 Å². The number of methoxy groups -OCH3 is 1. The minimum atomic E-state index is -0.476. The predicted molar refractivity (Wildman–Crippen MR) is 128 cm³/mol. The van der Waals surface area contributed by atoms with E-state index in [-0.39, 0.29) is 30.9 Å². The molecule has 1 fully saturated rings. The zero-order valence-corrected chi connectivity index (χ0v) is 19.4. The van der Waals surface area contributed by atoms with Gasteiger partial charge in [-0.05, 0) is 24.1 Å². The molecule has 1 heterocycles. The number of anilines is 1. The summed E-state index contributed by atoms with van der Waals surface area (Å²) in [6, 6.07) is 18.4. The van der Waals surface area contributed by atoms with Gasteiger partial charge in [0.15, 0.2) is 0 Å². The van der Waals surface area contributed by atoms with E-state index >= 15 is 0 Å². The molecule has 0 aliphatic carbocycles. The predicted octanol–water partition coefficient (Wildman–Crippen LogP) is 4.19. The van der Waals surface area contributed by atoms with Crippen molar-refractivity contribution in [3.05, 3.63) is 60.2 Å². The first-order valence-corrected chi connectivity index (χ1v) is 10.2. The van der Waals surface area contributed by atoms with Gasteiger partial charge in [0, 0.05) is 32.7 Å². The van der Waals surface area contributed by atoms with Crippen molar-refractivity contribution < 1.29 is 14.6 Å². The Kier molecular flexibility index (Phi) is 12.1. The molecule has 168 valence electrons. The topological polar surface area (TPSA) is 45.2 Å². The van der Waals surface area contributed by atoms with Gasteiger partial charge in [0.05, 0.1) is 31.6 Å². The molecule has 2 aromatic rings. The van der Waals surface area contributed by atoms with E-state index in [0.29, 0.717) is 13.2 Å². The molecule has 5 nitrogen and oxygen atoms in total. The fraction of sp³-hybridized carbons (Fsp3) is 0.478. The summed E-state index contributed by atoms with van der Waals surface area (Å²) in [6.07, 6.45) is 0.461. The van der Waals surface area contributed by atoms with Gasteiger partial charge in [-0.2, -0.15) is 0 Å². The molecule has 1 N–H and O–H groups in total. The molecule has 0 saturated carbocycles. The number of aliphatic hydroxyl groups is 1. The van der Waals surface area contributed by atoms with Gasteiger partial charge in [-0.1, -0.05) is 49.4 Å². The number of hydrogen-bond acceptors (Lipinski definition) is 5. The smallest absolute Gasteiger partial charge is 0.142 e. The number of β-amino-alcohol motifs (C(OH)–C–C–N with tert-alkyl or cyclic N) is 1. The van der Waals surface area contributed by atoms with Crippen molar-refractivity contribution in [2.24, 2.45) is 0 Å². The average molecular weight is 457 g/mol. The van der Waals surface area contributed by atoms with Gasteiger partial charge >= 0.3 is 0 Å². The summed E-state index contributed by atoms with van der Waals surface area (Å²) < 4.78 is 11.5. The summed E-state index contributed by atoms with van der Waals surface area (Å²) in [6.45, 7) is 6.81. The molecule has 1 aliphatic rings. The van der Waals surface area contributed by atoms with Crippen molar-refractivity contribution in [2.75, 3.05) is 51.3 Å². The Labute approximate surface area is 192 Å². The van der Waals surface area contributed by atoms with Crippen LogP contribution in [0.5, 0.6) is 5.75 Å². The molecule has 2 unspecified atom stereocenters. The van der Waals surface area contributed by atoms with E-state index in [9.17, 15) is 5.11 Å². The normalized spacial score (nSPS) is 16.2.